The summed E-state index contributed by atoms with van der Waals surface area (Å²) < 4.78 is 95.0. The molecular weight excluding hydrogens is 581 g/mol. The lowest BCUT2D eigenvalue weighted by Crippen LogP contribution is -2.45. The summed E-state index contributed by atoms with van der Waals surface area (Å²) in [7, 11) is -4.05. The molecule has 3 N–H and O–H groups in total. The second-order valence-electron chi connectivity index (χ2n) is 9.37. The lowest BCUT2D eigenvalue weighted by Gasteiger charge is -2.22. The Morgan fingerprint density at radius 1 is 1.15 bits per heavy atom. The van der Waals surface area contributed by atoms with E-state index in [1.165, 1.54) is 19.9 Å². The number of anilines is 1. The first-order valence-corrected chi connectivity index (χ1v) is 13.7. The number of hydrogen-bond acceptors (Lipinski definition) is 7. The van der Waals surface area contributed by atoms with Gasteiger partial charge >= 0.3 is 6.18 Å². The van der Waals surface area contributed by atoms with Crippen LogP contribution in [-0.4, -0.2) is 46.2 Å². The van der Waals surface area contributed by atoms with Crippen LogP contribution in [0.25, 0.3) is 16.9 Å². The number of nitrogens with one attached hydrogen (secondary N) is 2. The van der Waals surface area contributed by atoms with Gasteiger partial charge < -0.3 is 10.4 Å². The maximum absolute atomic E-state index is 13.9. The molecule has 4 aromatic rings. The summed E-state index contributed by atoms with van der Waals surface area (Å²) in [6.07, 6.45) is -6.65. The number of rotatable bonds is 8. The number of aryl methyl sites for hydroxylation is 1. The highest BCUT2D eigenvalue weighted by atomic mass is 32.2. The molecule has 0 fully saturated rings. The molecule has 0 spiro atoms. The van der Waals surface area contributed by atoms with Crippen molar-refractivity contribution in [2.45, 2.75) is 43.1 Å². The van der Waals surface area contributed by atoms with Crippen LogP contribution in [0.2, 0.25) is 0 Å². The second-order valence-corrected chi connectivity index (χ2v) is 12.5. The molecule has 9 nitrogen and oxygen atoms in total. The van der Waals surface area contributed by atoms with Gasteiger partial charge in [0, 0.05) is 10.4 Å². The van der Waals surface area contributed by atoms with Gasteiger partial charge in [0.05, 0.1) is 35.3 Å². The molecule has 1 amide bonds. The average Bonchev–Trinajstić information content (AvgIpc) is 3.46. The van der Waals surface area contributed by atoms with Gasteiger partial charge in [0.2, 0.25) is 0 Å². The van der Waals surface area contributed by atoms with Gasteiger partial charge in [0.1, 0.15) is 15.5 Å². The maximum atomic E-state index is 13.9. The number of halogens is 5. The van der Waals surface area contributed by atoms with Crippen LogP contribution in [-0.2, 0) is 16.2 Å². The van der Waals surface area contributed by atoms with E-state index in [0.717, 1.165) is 52.4 Å². The van der Waals surface area contributed by atoms with Gasteiger partial charge in [0.25, 0.3) is 22.4 Å². The molecule has 0 aliphatic heterocycles. The predicted octanol–water partition coefficient (Wildman–Crippen LogP) is 5.02. The molecule has 0 aliphatic rings. The summed E-state index contributed by atoms with van der Waals surface area (Å²) in [4.78, 5) is 17.8. The molecule has 3 heterocycles. The minimum atomic E-state index is -4.59. The van der Waals surface area contributed by atoms with Gasteiger partial charge in [-0.3, -0.25) is 4.79 Å². The molecule has 0 unspecified atom stereocenters. The number of hydrogen-bond donors (Lipinski definition) is 3. The highest BCUT2D eigenvalue weighted by Crippen LogP contribution is 2.33. The van der Waals surface area contributed by atoms with Crippen LogP contribution in [0.3, 0.4) is 0 Å². The number of aliphatic hydroxyl groups excluding tert-OH is 1. The number of sulfonamides is 1. The smallest absolute Gasteiger partial charge is 0.394 e. The van der Waals surface area contributed by atoms with Crippen molar-refractivity contribution < 1.29 is 40.3 Å². The van der Waals surface area contributed by atoms with Gasteiger partial charge in [-0.2, -0.15) is 18.3 Å². The third-order valence-corrected chi connectivity index (χ3v) is 8.91. The highest BCUT2D eigenvalue weighted by Gasteiger charge is 2.31. The molecule has 0 bridgehead atoms. The highest BCUT2D eigenvalue weighted by molar-refractivity contribution is 7.91. The van der Waals surface area contributed by atoms with Gasteiger partial charge in [0.15, 0.2) is 5.65 Å². The Morgan fingerprint density at radius 2 is 1.80 bits per heavy atom. The normalized spacial score (nSPS) is 12.8. The predicted molar refractivity (Wildman–Crippen MR) is 137 cm³/mol. The Labute approximate surface area is 228 Å². The SMILES string of the molecule is Cc1sc(S(=O)(=O)NC(C)(C)CO)cc1NC(=O)c1cnn2c(C(F)F)cc(-c3ccc(C(F)(F)F)cc3)nc12. The number of benzene rings is 1. The van der Waals surface area contributed by atoms with E-state index < -0.39 is 51.9 Å². The number of aliphatic hydroxyl groups is 1. The minimum Gasteiger partial charge on any atom is -0.394 e. The quantitative estimate of drug-likeness (QED) is 0.243. The fourth-order valence-corrected chi connectivity index (χ4v) is 6.43. The van der Waals surface area contributed by atoms with Crippen LogP contribution in [0.15, 0.2) is 46.8 Å². The van der Waals surface area contributed by atoms with Crippen LogP contribution < -0.4 is 10.0 Å². The molecule has 0 atom stereocenters. The van der Waals surface area contributed by atoms with E-state index >= 15 is 0 Å². The third-order valence-electron chi connectivity index (χ3n) is 5.69. The van der Waals surface area contributed by atoms with Crippen molar-refractivity contribution in [2.75, 3.05) is 11.9 Å². The molecule has 40 heavy (non-hydrogen) atoms. The first-order chi connectivity index (χ1) is 18.5. The summed E-state index contributed by atoms with van der Waals surface area (Å²) >= 11 is 0.862. The van der Waals surface area contributed by atoms with Crippen LogP contribution in [0.1, 0.15) is 46.8 Å². The van der Waals surface area contributed by atoms with Crippen molar-refractivity contribution in [3.05, 3.63) is 64.3 Å². The molecule has 0 aliphatic carbocycles. The van der Waals surface area contributed by atoms with E-state index in [0.29, 0.717) is 4.88 Å². The van der Waals surface area contributed by atoms with Crippen molar-refractivity contribution in [2.24, 2.45) is 0 Å². The summed E-state index contributed by atoms with van der Waals surface area (Å²) in [6, 6.07) is 5.91. The fraction of sp³-hybridized carbons (Fsp3) is 0.292. The van der Waals surface area contributed by atoms with Crippen LogP contribution >= 0.6 is 11.3 Å². The number of fused-ring (bicyclic) bond motifs is 1. The van der Waals surface area contributed by atoms with E-state index in [1.54, 1.807) is 6.92 Å². The Balaban J connectivity index is 1.70. The molecule has 0 saturated heterocycles. The summed E-state index contributed by atoms with van der Waals surface area (Å²) in [6.45, 7) is 4.07. The lowest BCUT2D eigenvalue weighted by molar-refractivity contribution is -0.137. The van der Waals surface area contributed by atoms with E-state index in [9.17, 15) is 40.3 Å². The molecular formula is C24H22F5N5O4S2. The number of nitrogens with zero attached hydrogens (tertiary/aromatic N) is 3. The zero-order valence-electron chi connectivity index (χ0n) is 21.0. The second kappa shape index (κ2) is 10.5. The molecule has 4 rings (SSSR count). The number of carbonyl (C=O) groups is 1. The zero-order chi connectivity index (χ0) is 29.6. The van der Waals surface area contributed by atoms with Crippen LogP contribution in [0, 0.1) is 6.92 Å². The van der Waals surface area contributed by atoms with Crippen LogP contribution in [0.5, 0.6) is 0 Å². The number of thiophene rings is 1. The first kappa shape index (κ1) is 29.5. The molecule has 0 saturated carbocycles. The third kappa shape index (κ3) is 5.99. The molecule has 214 valence electrons. The average molecular weight is 604 g/mol. The summed E-state index contributed by atoms with van der Waals surface area (Å²) in [5.41, 5.74) is -3.10. The number of amides is 1. The lowest BCUT2D eigenvalue weighted by atomic mass is 10.1. The Kier molecular flexibility index (Phi) is 7.74. The van der Waals surface area contributed by atoms with Crippen LogP contribution in [0.4, 0.5) is 27.6 Å². The summed E-state index contributed by atoms with van der Waals surface area (Å²) in [5.74, 6) is -0.833. The van der Waals surface area contributed by atoms with Crippen molar-refractivity contribution in [3.8, 4) is 11.3 Å². The van der Waals surface area contributed by atoms with E-state index in [1.807, 2.05) is 0 Å². The number of aromatic nitrogens is 3. The van der Waals surface area contributed by atoms with Crippen molar-refractivity contribution in [1.29, 1.82) is 0 Å². The Bertz CT molecular complexity index is 1680. The molecule has 3 aromatic heterocycles. The van der Waals surface area contributed by atoms with Gasteiger partial charge in [-0.1, -0.05) is 12.1 Å². The monoisotopic (exact) mass is 603 g/mol. The van der Waals surface area contributed by atoms with Crippen molar-refractivity contribution in [1.82, 2.24) is 19.3 Å². The fourth-order valence-electron chi connectivity index (χ4n) is 3.63. The largest absolute Gasteiger partial charge is 0.416 e. The van der Waals surface area contributed by atoms with Gasteiger partial charge in [-0.05, 0) is 45.0 Å². The molecule has 1 aromatic carbocycles. The maximum Gasteiger partial charge on any atom is 0.416 e. The van der Waals surface area contributed by atoms with Crippen molar-refractivity contribution in [3.63, 3.8) is 0 Å². The van der Waals surface area contributed by atoms with E-state index in [-0.39, 0.29) is 32.4 Å². The van der Waals surface area contributed by atoms with Gasteiger partial charge in [-0.25, -0.2) is 31.4 Å². The zero-order valence-corrected chi connectivity index (χ0v) is 22.7. The summed E-state index contributed by atoms with van der Waals surface area (Å²) in [5, 5.41) is 15.7. The van der Waals surface area contributed by atoms with Crippen molar-refractivity contribution >= 4 is 38.6 Å². The topological polar surface area (TPSA) is 126 Å². The minimum absolute atomic E-state index is 0.104. The standard InChI is InChI=1S/C24H22F5N5O4S2/c1-12-16(9-19(39-12)40(37,38)33-23(2,3)11-35)32-22(36)15-10-30-34-18(20(25)26)8-17(31-21(15)34)13-4-6-14(7-5-13)24(27,28)29/h4-10,20,33,35H,11H2,1-3H3,(H,32,36). The number of alkyl halides is 5. The Hall–Kier alpha value is -3.47. The first-order valence-electron chi connectivity index (χ1n) is 11.4. The molecule has 0 radical (unpaired) electrons. The number of carbonyl (C=O) groups excluding carboxylic acids is 1. The Morgan fingerprint density at radius 3 is 2.38 bits per heavy atom. The van der Waals surface area contributed by atoms with E-state index in [2.05, 4.69) is 20.1 Å². The van der Waals surface area contributed by atoms with E-state index in [4.69, 9.17) is 0 Å². The van der Waals surface area contributed by atoms with Gasteiger partial charge in [-0.15, -0.1) is 11.3 Å². The molecule has 16 heteroatoms.